The van der Waals surface area contributed by atoms with E-state index in [4.69, 9.17) is 9.15 Å². The third-order valence-electron chi connectivity index (χ3n) is 5.48. The maximum atomic E-state index is 12.9. The van der Waals surface area contributed by atoms with E-state index in [9.17, 15) is 4.79 Å². The van der Waals surface area contributed by atoms with Crippen LogP contribution in [0.15, 0.2) is 95.6 Å². The van der Waals surface area contributed by atoms with Crippen molar-refractivity contribution >= 4 is 36.6 Å². The van der Waals surface area contributed by atoms with Crippen LogP contribution in [-0.4, -0.2) is 5.97 Å². The first-order chi connectivity index (χ1) is 15.6. The molecule has 156 valence electrons. The van der Waals surface area contributed by atoms with Crippen LogP contribution in [0.5, 0.6) is 0 Å². The zero-order chi connectivity index (χ0) is 22.1. The Kier molecular flexibility index (Phi) is 5.05. The highest BCUT2D eigenvalue weighted by Gasteiger charge is 2.33. The lowest BCUT2D eigenvalue weighted by Gasteiger charge is -2.21. The highest BCUT2D eigenvalue weighted by molar-refractivity contribution is 7.50. The van der Waals surface area contributed by atoms with Crippen LogP contribution in [0.2, 0.25) is 0 Å². The molecule has 0 aliphatic rings. The number of rotatable bonds is 4. The molecule has 0 aliphatic heterocycles. The summed E-state index contributed by atoms with van der Waals surface area (Å²) in [7, 11) is -0.198. The van der Waals surface area contributed by atoms with Crippen LogP contribution < -0.4 is 0 Å². The van der Waals surface area contributed by atoms with Gasteiger partial charge in [0.25, 0.3) is 0 Å². The number of hydrogen-bond acceptors (Lipinski definition) is 3. The molecule has 4 heteroatoms. The highest BCUT2D eigenvalue weighted by atomic mass is 32.2. The van der Waals surface area contributed by atoms with Crippen molar-refractivity contribution in [1.82, 2.24) is 0 Å². The fraction of sp³-hybridized carbons (Fsp3) is 0.107. The van der Waals surface area contributed by atoms with Gasteiger partial charge in [-0.3, -0.25) is 0 Å². The Morgan fingerprint density at radius 3 is 2.06 bits per heavy atom. The molecule has 0 bridgehead atoms. The lowest BCUT2D eigenvalue weighted by Crippen LogP contribution is -2.27. The van der Waals surface area contributed by atoms with Crippen LogP contribution >= 0.6 is 10.5 Å². The van der Waals surface area contributed by atoms with Crippen molar-refractivity contribution in [2.75, 3.05) is 0 Å². The minimum Gasteiger partial charge on any atom is -0.464 e. The summed E-state index contributed by atoms with van der Waals surface area (Å²) >= 11 is 0. The van der Waals surface area contributed by atoms with Gasteiger partial charge in [-0.2, -0.15) is 0 Å². The Morgan fingerprint density at radius 2 is 1.50 bits per heavy atom. The van der Waals surface area contributed by atoms with Crippen molar-refractivity contribution in [2.24, 2.45) is 0 Å². The van der Waals surface area contributed by atoms with Gasteiger partial charge in [0.1, 0.15) is 0 Å². The van der Waals surface area contributed by atoms with Crippen molar-refractivity contribution in [2.45, 2.75) is 19.4 Å². The van der Waals surface area contributed by atoms with Crippen LogP contribution in [0.3, 0.4) is 0 Å². The maximum absolute atomic E-state index is 12.9. The molecule has 5 rings (SSSR count). The van der Waals surface area contributed by atoms with E-state index in [2.05, 4.69) is 60.4 Å². The van der Waals surface area contributed by atoms with Crippen LogP contribution in [0.4, 0.5) is 0 Å². The summed E-state index contributed by atoms with van der Waals surface area (Å²) in [5.74, 6) is 5.85. The molecule has 0 fully saturated rings. The van der Waals surface area contributed by atoms with Gasteiger partial charge in [-0.1, -0.05) is 24.3 Å². The number of ether oxygens (including phenoxy) is 1. The van der Waals surface area contributed by atoms with Crippen LogP contribution in [0, 0.1) is 11.8 Å². The second kappa shape index (κ2) is 8.03. The van der Waals surface area contributed by atoms with E-state index in [1.54, 1.807) is 32.2 Å². The van der Waals surface area contributed by atoms with E-state index in [1.807, 2.05) is 24.3 Å². The lowest BCUT2D eigenvalue weighted by molar-refractivity contribution is 0.00525. The Balaban J connectivity index is 1.51. The number of carbonyl (C=O) groups is 1. The van der Waals surface area contributed by atoms with E-state index in [1.165, 1.54) is 25.1 Å². The summed E-state index contributed by atoms with van der Waals surface area (Å²) in [6.45, 7) is 3.45. The molecule has 2 heterocycles. The van der Waals surface area contributed by atoms with E-state index < -0.39 is 11.6 Å². The third kappa shape index (κ3) is 3.37. The highest BCUT2D eigenvalue weighted by Crippen LogP contribution is 2.48. The van der Waals surface area contributed by atoms with Gasteiger partial charge in [-0.15, -0.1) is 5.92 Å². The number of thiophene rings is 1. The van der Waals surface area contributed by atoms with Gasteiger partial charge in [0.2, 0.25) is 5.60 Å². The minimum atomic E-state index is -1.14. The number of hydrogen-bond donors (Lipinski definition) is 0. The monoisotopic (exact) mass is 437 g/mol. The lowest BCUT2D eigenvalue weighted by atomic mass is 10.0. The molecule has 1 unspecified atom stereocenters. The standard InChI is InChI=1S/C28H21O3S/c1-3-18-28(2,26-13-8-19-30-26)31-27(29)20-14-16-21(17-15-20)32-24-11-6-4-9-22(24)23-10-5-7-12-25(23)32/h4-17,19H,1-2H3/q+1. The largest absolute Gasteiger partial charge is 0.464 e. The molecule has 3 nitrogen and oxygen atoms in total. The average molecular weight is 438 g/mol. The van der Waals surface area contributed by atoms with Gasteiger partial charge in [0.05, 0.1) is 11.8 Å². The molecule has 3 aromatic carbocycles. The Bertz CT molecular complexity index is 1430. The number of esters is 1. The summed E-state index contributed by atoms with van der Waals surface area (Å²) in [4.78, 5) is 14.1. The number of benzene rings is 3. The smallest absolute Gasteiger partial charge is 0.340 e. The molecular formula is C28H21O3S+. The summed E-state index contributed by atoms with van der Waals surface area (Å²) < 4.78 is 13.9. The van der Waals surface area contributed by atoms with Crippen LogP contribution in [0.25, 0.3) is 25.1 Å². The molecule has 0 spiro atoms. The van der Waals surface area contributed by atoms with E-state index in [0.29, 0.717) is 11.3 Å². The van der Waals surface area contributed by atoms with Crippen molar-refractivity contribution in [3.05, 3.63) is 103 Å². The minimum absolute atomic E-state index is 0.198. The summed E-state index contributed by atoms with van der Waals surface area (Å²) in [5.41, 5.74) is -0.659. The summed E-state index contributed by atoms with van der Waals surface area (Å²) in [5, 5.41) is 2.56. The first-order valence-corrected chi connectivity index (χ1v) is 11.6. The van der Waals surface area contributed by atoms with Crippen molar-refractivity contribution < 1.29 is 13.9 Å². The molecule has 0 radical (unpaired) electrons. The number of fused-ring (bicyclic) bond motifs is 3. The zero-order valence-corrected chi connectivity index (χ0v) is 18.6. The molecule has 0 saturated carbocycles. The molecule has 0 aliphatic carbocycles. The predicted molar refractivity (Wildman–Crippen MR) is 130 cm³/mol. The van der Waals surface area contributed by atoms with Crippen molar-refractivity contribution in [1.29, 1.82) is 0 Å². The molecule has 1 atom stereocenters. The quantitative estimate of drug-likeness (QED) is 0.167. The predicted octanol–water partition coefficient (Wildman–Crippen LogP) is 7.42. The van der Waals surface area contributed by atoms with Gasteiger partial charge in [-0.05, 0) is 80.4 Å². The van der Waals surface area contributed by atoms with Gasteiger partial charge < -0.3 is 9.15 Å². The van der Waals surface area contributed by atoms with Crippen LogP contribution in [-0.2, 0) is 10.3 Å². The molecular weight excluding hydrogens is 416 g/mol. The van der Waals surface area contributed by atoms with Gasteiger partial charge in [0.15, 0.2) is 20.1 Å². The van der Waals surface area contributed by atoms with Gasteiger partial charge in [-0.25, -0.2) is 4.79 Å². The molecule has 32 heavy (non-hydrogen) atoms. The Hall–Kier alpha value is -3.81. The zero-order valence-electron chi connectivity index (χ0n) is 17.8. The number of carbonyl (C=O) groups excluding carboxylic acids is 1. The average Bonchev–Trinajstić information content (AvgIpc) is 3.47. The maximum Gasteiger partial charge on any atom is 0.340 e. The fourth-order valence-electron chi connectivity index (χ4n) is 4.00. The third-order valence-corrected chi connectivity index (χ3v) is 7.82. The SMILES string of the molecule is CC#CC(C)(OC(=O)c1ccc(-[s+]2c3ccccc3c3ccccc32)cc1)c1ccco1. The fourth-order valence-corrected chi connectivity index (χ4v) is 6.38. The second-order valence-corrected chi connectivity index (χ2v) is 9.56. The second-order valence-electron chi connectivity index (χ2n) is 7.60. The molecule has 2 aromatic heterocycles. The van der Waals surface area contributed by atoms with Crippen molar-refractivity contribution in [3.63, 3.8) is 0 Å². The molecule has 0 N–H and O–H groups in total. The first-order valence-electron chi connectivity index (χ1n) is 10.3. The Labute approximate surface area is 189 Å². The molecule has 0 amide bonds. The van der Waals surface area contributed by atoms with Gasteiger partial charge in [0, 0.05) is 21.2 Å². The molecule has 0 saturated heterocycles. The van der Waals surface area contributed by atoms with E-state index >= 15 is 0 Å². The van der Waals surface area contributed by atoms with Gasteiger partial charge >= 0.3 is 5.97 Å². The van der Waals surface area contributed by atoms with E-state index in [0.717, 1.165) is 0 Å². The summed E-state index contributed by atoms with van der Waals surface area (Å²) in [6, 6.07) is 28.3. The topological polar surface area (TPSA) is 39.4 Å². The number of furan rings is 1. The van der Waals surface area contributed by atoms with E-state index in [-0.39, 0.29) is 10.5 Å². The Morgan fingerprint density at radius 1 is 0.875 bits per heavy atom. The molecule has 5 aromatic rings. The normalized spacial score (nSPS) is 12.8. The van der Waals surface area contributed by atoms with Crippen LogP contribution in [0.1, 0.15) is 30.0 Å². The van der Waals surface area contributed by atoms with Crippen molar-refractivity contribution in [3.8, 4) is 16.7 Å². The summed E-state index contributed by atoms with van der Waals surface area (Å²) in [6.07, 6.45) is 1.55. The first kappa shape index (κ1) is 20.1.